The van der Waals surface area contributed by atoms with Gasteiger partial charge in [-0.3, -0.25) is 4.79 Å². The first-order chi connectivity index (χ1) is 10.6. The number of nitrogens with one attached hydrogen (secondary N) is 1. The van der Waals surface area contributed by atoms with Crippen LogP contribution in [0.4, 0.5) is 5.95 Å². The van der Waals surface area contributed by atoms with Crippen LogP contribution >= 0.6 is 0 Å². The Hall–Kier alpha value is -2.47. The molecular formula is C16H19N5O. The summed E-state index contributed by atoms with van der Waals surface area (Å²) in [4.78, 5) is 20.0. The van der Waals surface area contributed by atoms with Gasteiger partial charge in [0.15, 0.2) is 0 Å². The molecule has 114 valence electrons. The second kappa shape index (κ2) is 6.11. The molecule has 1 aromatic heterocycles. The molecule has 0 bridgehead atoms. The van der Waals surface area contributed by atoms with Gasteiger partial charge in [0.2, 0.25) is 11.9 Å². The molecule has 0 aliphatic carbocycles. The normalized spacial score (nSPS) is 18.1. The molecule has 1 aliphatic heterocycles. The molecule has 0 saturated carbocycles. The molecule has 6 heteroatoms. The van der Waals surface area contributed by atoms with Gasteiger partial charge >= 0.3 is 0 Å². The summed E-state index contributed by atoms with van der Waals surface area (Å²) in [6, 6.07) is 7.22. The average molecular weight is 297 g/mol. The predicted octanol–water partition coefficient (Wildman–Crippen LogP) is 1.29. The molecule has 1 fully saturated rings. The minimum Gasteiger partial charge on any atom is -0.368 e. The van der Waals surface area contributed by atoms with Crippen LogP contribution < -0.4 is 16.8 Å². The fraction of sp³-hybridized carbons (Fsp3) is 0.312. The molecule has 2 heterocycles. The van der Waals surface area contributed by atoms with Gasteiger partial charge in [0.25, 0.3) is 0 Å². The number of carbonyl (C=O) groups excluding carboxylic acids is 1. The summed E-state index contributed by atoms with van der Waals surface area (Å²) in [5.41, 5.74) is 14.3. The molecule has 1 aliphatic rings. The Kier molecular flexibility index (Phi) is 4.02. The van der Waals surface area contributed by atoms with Crippen LogP contribution in [0, 0.1) is 0 Å². The molecule has 6 nitrogen and oxygen atoms in total. The summed E-state index contributed by atoms with van der Waals surface area (Å²) < 4.78 is 0. The molecule has 2 aromatic rings. The number of benzene rings is 1. The van der Waals surface area contributed by atoms with E-state index in [-0.39, 0.29) is 5.95 Å². The number of piperidine rings is 1. The van der Waals surface area contributed by atoms with Crippen LogP contribution in [-0.4, -0.2) is 29.0 Å². The van der Waals surface area contributed by atoms with E-state index >= 15 is 0 Å². The van der Waals surface area contributed by atoms with E-state index in [0.29, 0.717) is 11.5 Å². The summed E-state index contributed by atoms with van der Waals surface area (Å²) >= 11 is 0. The van der Waals surface area contributed by atoms with Gasteiger partial charge in [-0.15, -0.1) is 0 Å². The number of anilines is 1. The molecule has 1 atom stereocenters. The van der Waals surface area contributed by atoms with Crippen molar-refractivity contribution in [2.45, 2.75) is 18.8 Å². The molecule has 1 amide bonds. The number of amides is 1. The van der Waals surface area contributed by atoms with E-state index < -0.39 is 5.91 Å². The van der Waals surface area contributed by atoms with Gasteiger partial charge in [-0.1, -0.05) is 12.1 Å². The highest BCUT2D eigenvalue weighted by atomic mass is 16.1. The monoisotopic (exact) mass is 297 g/mol. The molecule has 22 heavy (non-hydrogen) atoms. The van der Waals surface area contributed by atoms with E-state index in [1.54, 1.807) is 18.3 Å². The van der Waals surface area contributed by atoms with Crippen molar-refractivity contribution in [1.82, 2.24) is 15.3 Å². The van der Waals surface area contributed by atoms with E-state index in [0.717, 1.165) is 42.8 Å². The smallest absolute Gasteiger partial charge is 0.248 e. The molecular weight excluding hydrogens is 278 g/mol. The molecule has 0 spiro atoms. The summed E-state index contributed by atoms with van der Waals surface area (Å²) in [5, 5.41) is 3.39. The number of hydrogen-bond donors (Lipinski definition) is 3. The third kappa shape index (κ3) is 2.92. The SMILES string of the molecule is NC(=O)c1cccc(-c2cnc(N)nc2[C@@H]2CCCNC2)c1. The molecule has 1 aromatic carbocycles. The van der Waals surface area contributed by atoms with E-state index in [9.17, 15) is 4.79 Å². The first kappa shape index (κ1) is 14.5. The highest BCUT2D eigenvalue weighted by molar-refractivity contribution is 5.94. The van der Waals surface area contributed by atoms with Crippen LogP contribution in [0.3, 0.4) is 0 Å². The Balaban J connectivity index is 2.06. The minimum atomic E-state index is -0.445. The molecule has 0 radical (unpaired) electrons. The fourth-order valence-electron chi connectivity index (χ4n) is 2.87. The van der Waals surface area contributed by atoms with Crippen molar-refractivity contribution in [3.05, 3.63) is 41.7 Å². The third-order valence-corrected chi connectivity index (χ3v) is 3.98. The lowest BCUT2D eigenvalue weighted by Crippen LogP contribution is -2.29. The van der Waals surface area contributed by atoms with Crippen LogP contribution in [0.25, 0.3) is 11.1 Å². The van der Waals surface area contributed by atoms with Gasteiger partial charge in [-0.05, 0) is 37.1 Å². The first-order valence-corrected chi connectivity index (χ1v) is 7.38. The Labute approximate surface area is 129 Å². The van der Waals surface area contributed by atoms with E-state index in [4.69, 9.17) is 11.5 Å². The van der Waals surface area contributed by atoms with Crippen molar-refractivity contribution < 1.29 is 4.79 Å². The zero-order valence-corrected chi connectivity index (χ0v) is 12.2. The molecule has 3 rings (SSSR count). The summed E-state index contributed by atoms with van der Waals surface area (Å²) in [5.74, 6) is 0.126. The fourth-order valence-corrected chi connectivity index (χ4v) is 2.87. The maximum absolute atomic E-state index is 11.4. The van der Waals surface area contributed by atoms with Gasteiger partial charge < -0.3 is 16.8 Å². The molecule has 0 unspecified atom stereocenters. The van der Waals surface area contributed by atoms with Crippen LogP contribution in [0.2, 0.25) is 0 Å². The van der Waals surface area contributed by atoms with Crippen molar-refractivity contribution in [3.63, 3.8) is 0 Å². The van der Waals surface area contributed by atoms with Gasteiger partial charge in [-0.25, -0.2) is 9.97 Å². The minimum absolute atomic E-state index is 0.273. The number of primary amides is 1. The van der Waals surface area contributed by atoms with Crippen molar-refractivity contribution in [1.29, 1.82) is 0 Å². The highest BCUT2D eigenvalue weighted by Crippen LogP contribution is 2.31. The van der Waals surface area contributed by atoms with Crippen molar-refractivity contribution >= 4 is 11.9 Å². The van der Waals surface area contributed by atoms with Crippen LogP contribution in [0.1, 0.15) is 34.8 Å². The average Bonchev–Trinajstić information content (AvgIpc) is 2.55. The molecule has 1 saturated heterocycles. The predicted molar refractivity (Wildman–Crippen MR) is 85.2 cm³/mol. The number of nitrogens with two attached hydrogens (primary N) is 2. The van der Waals surface area contributed by atoms with Crippen molar-refractivity contribution in [3.8, 4) is 11.1 Å². The number of aromatic nitrogens is 2. The zero-order valence-electron chi connectivity index (χ0n) is 12.2. The lowest BCUT2D eigenvalue weighted by molar-refractivity contribution is 0.100. The maximum Gasteiger partial charge on any atom is 0.248 e. The lowest BCUT2D eigenvalue weighted by atomic mass is 9.90. The van der Waals surface area contributed by atoms with Gasteiger partial charge in [-0.2, -0.15) is 0 Å². The molecule has 5 N–H and O–H groups in total. The number of carbonyl (C=O) groups is 1. The Morgan fingerprint density at radius 1 is 1.36 bits per heavy atom. The Morgan fingerprint density at radius 2 is 2.23 bits per heavy atom. The lowest BCUT2D eigenvalue weighted by Gasteiger charge is -2.24. The van der Waals surface area contributed by atoms with Crippen LogP contribution in [0.5, 0.6) is 0 Å². The largest absolute Gasteiger partial charge is 0.368 e. The zero-order chi connectivity index (χ0) is 15.5. The first-order valence-electron chi connectivity index (χ1n) is 7.38. The van der Waals surface area contributed by atoms with Crippen LogP contribution in [-0.2, 0) is 0 Å². The number of nitrogen functional groups attached to an aromatic ring is 1. The number of nitrogens with zero attached hydrogens (tertiary/aromatic N) is 2. The second-order valence-corrected chi connectivity index (χ2v) is 5.52. The van der Waals surface area contributed by atoms with E-state index in [2.05, 4.69) is 15.3 Å². The van der Waals surface area contributed by atoms with Gasteiger partial charge in [0, 0.05) is 29.8 Å². The third-order valence-electron chi connectivity index (χ3n) is 3.98. The number of rotatable bonds is 3. The topological polar surface area (TPSA) is 107 Å². The van der Waals surface area contributed by atoms with E-state index in [1.807, 2.05) is 12.1 Å². The van der Waals surface area contributed by atoms with E-state index in [1.165, 1.54) is 0 Å². The van der Waals surface area contributed by atoms with Gasteiger partial charge in [0.1, 0.15) is 0 Å². The van der Waals surface area contributed by atoms with Crippen molar-refractivity contribution in [2.75, 3.05) is 18.8 Å². The summed E-state index contributed by atoms with van der Waals surface area (Å²) in [6.07, 6.45) is 3.90. The maximum atomic E-state index is 11.4. The van der Waals surface area contributed by atoms with Crippen molar-refractivity contribution in [2.24, 2.45) is 5.73 Å². The standard InChI is InChI=1S/C16H19N5O/c17-15(22)11-4-1-3-10(7-11)13-9-20-16(18)21-14(13)12-5-2-6-19-8-12/h1,3-4,7,9,12,19H,2,5-6,8H2,(H2,17,22)(H2,18,20,21)/t12-/m1/s1. The Morgan fingerprint density at radius 3 is 2.95 bits per heavy atom. The van der Waals surface area contributed by atoms with Gasteiger partial charge in [0.05, 0.1) is 5.69 Å². The van der Waals surface area contributed by atoms with Crippen LogP contribution in [0.15, 0.2) is 30.5 Å². The Bertz CT molecular complexity index is 695. The second-order valence-electron chi connectivity index (χ2n) is 5.52. The summed E-state index contributed by atoms with van der Waals surface area (Å²) in [7, 11) is 0. The quantitative estimate of drug-likeness (QED) is 0.791. The summed E-state index contributed by atoms with van der Waals surface area (Å²) in [6.45, 7) is 1.91. The number of hydrogen-bond acceptors (Lipinski definition) is 5. The highest BCUT2D eigenvalue weighted by Gasteiger charge is 2.21.